The zero-order chi connectivity index (χ0) is 17.9. The normalized spacial score (nSPS) is 11.9. The third-order valence-corrected chi connectivity index (χ3v) is 4.52. The van der Waals surface area contributed by atoms with Crippen molar-refractivity contribution in [3.8, 4) is 6.07 Å². The highest BCUT2D eigenvalue weighted by Crippen LogP contribution is 2.35. The van der Waals surface area contributed by atoms with Crippen LogP contribution >= 0.6 is 11.3 Å². The molecular weight excluding hydrogens is 337 g/mol. The van der Waals surface area contributed by atoms with Gasteiger partial charge in [-0.3, -0.25) is 4.79 Å². The number of amides is 1. The second kappa shape index (κ2) is 6.89. The van der Waals surface area contributed by atoms with Crippen LogP contribution in [0.5, 0.6) is 0 Å². The molecule has 1 heterocycles. The molecule has 0 saturated heterocycles. The molecule has 0 radical (unpaired) electrons. The van der Waals surface area contributed by atoms with Gasteiger partial charge in [-0.25, -0.2) is 0 Å². The summed E-state index contributed by atoms with van der Waals surface area (Å²) in [4.78, 5) is 12.9. The largest absolute Gasteiger partial charge is 0.417 e. The zero-order valence-electron chi connectivity index (χ0n) is 12.9. The van der Waals surface area contributed by atoms with Gasteiger partial charge in [-0.1, -0.05) is 30.3 Å². The maximum atomic E-state index is 13.2. The van der Waals surface area contributed by atoms with Gasteiger partial charge in [0.25, 0.3) is 0 Å². The van der Waals surface area contributed by atoms with Gasteiger partial charge in [0, 0.05) is 11.0 Å². The van der Waals surface area contributed by atoms with Crippen LogP contribution in [0.15, 0.2) is 36.4 Å². The Labute approximate surface area is 141 Å². The summed E-state index contributed by atoms with van der Waals surface area (Å²) < 4.78 is 39.7. The molecule has 2 aromatic rings. The first-order valence-corrected chi connectivity index (χ1v) is 7.71. The number of nitrogens with zero attached hydrogens (tertiary/aromatic N) is 1. The van der Waals surface area contributed by atoms with E-state index in [-0.39, 0.29) is 16.1 Å². The number of alkyl halides is 3. The number of nitrogens with one attached hydrogen (secondary N) is 1. The van der Waals surface area contributed by atoms with Crippen LogP contribution in [0.1, 0.15) is 21.6 Å². The van der Waals surface area contributed by atoms with E-state index < -0.39 is 17.7 Å². The number of anilines is 1. The first-order chi connectivity index (χ1) is 11.2. The molecule has 1 amide bonds. The number of benzene rings is 1. The molecule has 3 nitrogen and oxygen atoms in total. The Balaban J connectivity index is 2.36. The third-order valence-electron chi connectivity index (χ3n) is 3.40. The second-order valence-electron chi connectivity index (χ2n) is 5.01. The summed E-state index contributed by atoms with van der Waals surface area (Å²) in [6.45, 7) is 3.50. The van der Waals surface area contributed by atoms with Crippen LogP contribution < -0.4 is 5.32 Å². The summed E-state index contributed by atoms with van der Waals surface area (Å²) in [7, 11) is 0. The van der Waals surface area contributed by atoms with E-state index in [9.17, 15) is 18.0 Å². The summed E-state index contributed by atoms with van der Waals surface area (Å²) in [5, 5.41) is 11.8. The molecule has 1 aromatic carbocycles. The lowest BCUT2D eigenvalue weighted by Crippen LogP contribution is -2.16. The van der Waals surface area contributed by atoms with Crippen LogP contribution in [0.4, 0.5) is 18.2 Å². The zero-order valence-corrected chi connectivity index (χ0v) is 13.7. The van der Waals surface area contributed by atoms with E-state index in [1.54, 1.807) is 19.9 Å². The molecular formula is C17H13F3N2OS. The van der Waals surface area contributed by atoms with Gasteiger partial charge in [-0.05, 0) is 25.0 Å². The molecule has 0 saturated carbocycles. The fraction of sp³-hybridized carbons (Fsp3) is 0.176. The third kappa shape index (κ3) is 3.84. The highest BCUT2D eigenvalue weighted by atomic mass is 32.1. The monoisotopic (exact) mass is 350 g/mol. The van der Waals surface area contributed by atoms with Crippen LogP contribution in [0.25, 0.3) is 5.57 Å². The molecule has 1 N–H and O–H groups in total. The number of carbonyl (C=O) groups is 1. The van der Waals surface area contributed by atoms with Crippen molar-refractivity contribution < 1.29 is 18.0 Å². The van der Waals surface area contributed by atoms with Crippen LogP contribution in [-0.4, -0.2) is 12.1 Å². The van der Waals surface area contributed by atoms with Crippen molar-refractivity contribution in [1.82, 2.24) is 0 Å². The second-order valence-corrected chi connectivity index (χ2v) is 6.23. The van der Waals surface area contributed by atoms with Crippen molar-refractivity contribution in [3.05, 3.63) is 58.0 Å². The smallest absolute Gasteiger partial charge is 0.313 e. The average molecular weight is 350 g/mol. The molecule has 0 aliphatic rings. The molecule has 0 atom stereocenters. The number of nitriles is 1. The molecule has 0 bridgehead atoms. The van der Waals surface area contributed by atoms with Crippen molar-refractivity contribution >= 4 is 27.8 Å². The maximum absolute atomic E-state index is 13.2. The average Bonchev–Trinajstić information content (AvgIpc) is 2.78. The predicted octanol–water partition coefficient (Wildman–Crippen LogP) is 4.82. The van der Waals surface area contributed by atoms with Crippen LogP contribution in [0, 0.1) is 25.2 Å². The van der Waals surface area contributed by atoms with Crippen molar-refractivity contribution in [1.29, 1.82) is 5.26 Å². The van der Waals surface area contributed by atoms with Crippen LogP contribution in [-0.2, 0) is 4.79 Å². The first kappa shape index (κ1) is 17.8. The lowest BCUT2D eigenvalue weighted by molar-refractivity contribution is -0.112. The SMILES string of the molecule is Cc1sc(NC(=O)/C=C(/c2ccccc2)C(F)(F)F)c(C#N)c1C. The molecule has 2 rings (SSSR count). The van der Waals surface area contributed by atoms with Gasteiger partial charge in [0.05, 0.1) is 11.1 Å². The minimum absolute atomic E-state index is 0.0980. The lowest BCUT2D eigenvalue weighted by Gasteiger charge is -2.12. The van der Waals surface area contributed by atoms with E-state index in [2.05, 4.69) is 5.32 Å². The van der Waals surface area contributed by atoms with Crippen molar-refractivity contribution in [2.45, 2.75) is 20.0 Å². The van der Waals surface area contributed by atoms with E-state index in [1.165, 1.54) is 24.3 Å². The van der Waals surface area contributed by atoms with Crippen molar-refractivity contribution in [3.63, 3.8) is 0 Å². The Morgan fingerprint density at radius 2 is 1.88 bits per heavy atom. The Hall–Kier alpha value is -2.59. The maximum Gasteiger partial charge on any atom is 0.417 e. The van der Waals surface area contributed by atoms with E-state index in [0.717, 1.165) is 16.2 Å². The highest BCUT2D eigenvalue weighted by Gasteiger charge is 2.35. The van der Waals surface area contributed by atoms with E-state index in [1.807, 2.05) is 6.07 Å². The lowest BCUT2D eigenvalue weighted by atomic mass is 10.1. The Bertz CT molecular complexity index is 830. The summed E-state index contributed by atoms with van der Waals surface area (Å²) in [6.07, 6.45) is -4.15. The summed E-state index contributed by atoms with van der Waals surface area (Å²) in [5.74, 6) is -0.927. The molecule has 0 fully saturated rings. The number of carbonyl (C=O) groups excluding carboxylic acids is 1. The topological polar surface area (TPSA) is 52.9 Å². The molecule has 24 heavy (non-hydrogen) atoms. The number of halogens is 3. The van der Waals surface area contributed by atoms with Gasteiger partial charge in [0.15, 0.2) is 0 Å². The van der Waals surface area contributed by atoms with Crippen LogP contribution in [0.3, 0.4) is 0 Å². The molecule has 7 heteroatoms. The fourth-order valence-corrected chi connectivity index (χ4v) is 3.09. The summed E-state index contributed by atoms with van der Waals surface area (Å²) in [5.41, 5.74) is -0.156. The summed E-state index contributed by atoms with van der Waals surface area (Å²) in [6, 6.07) is 9.05. The molecule has 0 spiro atoms. The number of hydrogen-bond donors (Lipinski definition) is 1. The van der Waals surface area contributed by atoms with Crippen molar-refractivity contribution in [2.75, 3.05) is 5.32 Å². The Morgan fingerprint density at radius 1 is 1.25 bits per heavy atom. The van der Waals surface area contributed by atoms with Gasteiger partial charge in [0.1, 0.15) is 11.1 Å². The predicted molar refractivity (Wildman–Crippen MR) is 87.6 cm³/mol. The van der Waals surface area contributed by atoms with E-state index in [4.69, 9.17) is 5.26 Å². The molecule has 0 aliphatic carbocycles. The molecule has 0 aliphatic heterocycles. The van der Waals surface area contributed by atoms with Gasteiger partial charge in [-0.2, -0.15) is 18.4 Å². The number of rotatable bonds is 3. The van der Waals surface area contributed by atoms with Gasteiger partial charge in [-0.15, -0.1) is 11.3 Å². The van der Waals surface area contributed by atoms with Gasteiger partial charge in [0.2, 0.25) is 5.91 Å². The van der Waals surface area contributed by atoms with E-state index in [0.29, 0.717) is 11.6 Å². The molecule has 0 unspecified atom stereocenters. The standard InChI is InChI=1S/C17H13F3N2OS/c1-10-11(2)24-16(13(10)9-21)22-15(23)8-14(17(18,19)20)12-6-4-3-5-7-12/h3-8H,1-2H3,(H,22,23)/b14-8-. The minimum atomic E-state index is -4.67. The first-order valence-electron chi connectivity index (χ1n) is 6.89. The number of allylic oxidation sites excluding steroid dienone is 1. The molecule has 124 valence electrons. The highest BCUT2D eigenvalue weighted by molar-refractivity contribution is 7.16. The summed E-state index contributed by atoms with van der Waals surface area (Å²) >= 11 is 1.16. The van der Waals surface area contributed by atoms with Gasteiger partial charge >= 0.3 is 6.18 Å². The minimum Gasteiger partial charge on any atom is -0.313 e. The number of aryl methyl sites for hydroxylation is 1. The van der Waals surface area contributed by atoms with Crippen molar-refractivity contribution in [2.24, 2.45) is 0 Å². The Kier molecular flexibility index (Phi) is 5.10. The van der Waals surface area contributed by atoms with Crippen LogP contribution in [0.2, 0.25) is 0 Å². The fourth-order valence-electron chi connectivity index (χ4n) is 2.08. The van der Waals surface area contributed by atoms with Gasteiger partial charge < -0.3 is 5.32 Å². The Morgan fingerprint density at radius 3 is 2.42 bits per heavy atom. The number of thiophene rings is 1. The molecule has 1 aromatic heterocycles. The number of hydrogen-bond acceptors (Lipinski definition) is 3. The quantitative estimate of drug-likeness (QED) is 0.807. The van der Waals surface area contributed by atoms with E-state index >= 15 is 0 Å².